The van der Waals surface area contributed by atoms with E-state index >= 15 is 0 Å². The minimum absolute atomic E-state index is 0.0318. The van der Waals surface area contributed by atoms with Crippen molar-refractivity contribution < 1.29 is 9.18 Å². The van der Waals surface area contributed by atoms with E-state index in [1.165, 1.54) is 16.8 Å². The molecule has 1 fully saturated rings. The molecule has 1 aliphatic heterocycles. The molecule has 2 heterocycles. The fraction of sp³-hybridized carbons (Fsp3) is 0.400. The van der Waals surface area contributed by atoms with Gasteiger partial charge in [-0.3, -0.25) is 9.69 Å². The molecule has 0 saturated carbocycles. The zero-order valence-electron chi connectivity index (χ0n) is 12.5. The van der Waals surface area contributed by atoms with Gasteiger partial charge >= 0.3 is 0 Å². The van der Waals surface area contributed by atoms with Gasteiger partial charge in [0.15, 0.2) is 0 Å². The van der Waals surface area contributed by atoms with Gasteiger partial charge in [-0.1, -0.05) is 23.2 Å². The number of aromatic nitrogens is 3. The molecule has 0 radical (unpaired) electrons. The van der Waals surface area contributed by atoms with E-state index < -0.39 is 5.82 Å². The van der Waals surface area contributed by atoms with Crippen molar-refractivity contribution in [1.82, 2.24) is 19.9 Å². The standard InChI is InChI=1S/C15H17ClFN5O/c16-12-7-11(4-5-13(12)17)22-9-10(19-20-22)8-21-6-2-1-3-14(21)15(18)23/h4-5,7,9,14H,1-3,6,8H2,(H2,18,23)/t14-/m1/s1. The molecule has 1 amide bonds. The number of rotatable bonds is 4. The predicted molar refractivity (Wildman–Crippen MR) is 83.6 cm³/mol. The Hall–Kier alpha value is -1.99. The molecule has 1 atom stereocenters. The highest BCUT2D eigenvalue weighted by Gasteiger charge is 2.27. The van der Waals surface area contributed by atoms with Crippen molar-refractivity contribution in [3.63, 3.8) is 0 Å². The molecule has 8 heteroatoms. The van der Waals surface area contributed by atoms with Crippen molar-refractivity contribution in [3.8, 4) is 5.69 Å². The number of amides is 1. The summed E-state index contributed by atoms with van der Waals surface area (Å²) in [5, 5.41) is 8.18. The minimum atomic E-state index is -0.478. The maximum absolute atomic E-state index is 13.2. The molecule has 0 bridgehead atoms. The molecule has 0 spiro atoms. The summed E-state index contributed by atoms with van der Waals surface area (Å²) >= 11 is 5.78. The van der Waals surface area contributed by atoms with Crippen LogP contribution in [0.2, 0.25) is 5.02 Å². The Labute approximate surface area is 138 Å². The maximum atomic E-state index is 13.2. The number of primary amides is 1. The molecule has 1 aliphatic rings. The number of nitrogens with zero attached hydrogens (tertiary/aromatic N) is 4. The highest BCUT2D eigenvalue weighted by atomic mass is 35.5. The van der Waals surface area contributed by atoms with E-state index in [1.807, 2.05) is 4.90 Å². The lowest BCUT2D eigenvalue weighted by molar-refractivity contribution is -0.124. The van der Waals surface area contributed by atoms with Gasteiger partial charge in [0.1, 0.15) is 5.82 Å². The normalized spacial score (nSPS) is 19.0. The molecule has 0 aliphatic carbocycles. The van der Waals surface area contributed by atoms with Crippen LogP contribution in [0.5, 0.6) is 0 Å². The van der Waals surface area contributed by atoms with Crippen LogP contribution >= 0.6 is 11.6 Å². The number of hydrogen-bond donors (Lipinski definition) is 1. The Morgan fingerprint density at radius 3 is 3.00 bits per heavy atom. The highest BCUT2D eigenvalue weighted by molar-refractivity contribution is 6.30. The van der Waals surface area contributed by atoms with Gasteiger partial charge in [-0.05, 0) is 37.6 Å². The first-order chi connectivity index (χ1) is 11.0. The Bertz CT molecular complexity index is 720. The van der Waals surface area contributed by atoms with Crippen LogP contribution in [0, 0.1) is 5.82 Å². The van der Waals surface area contributed by atoms with Crippen molar-refractivity contribution in [2.75, 3.05) is 6.54 Å². The number of benzene rings is 1. The number of halogens is 2. The third kappa shape index (κ3) is 3.51. The van der Waals surface area contributed by atoms with Gasteiger partial charge in [-0.25, -0.2) is 9.07 Å². The second kappa shape index (κ2) is 6.64. The third-order valence-corrected chi connectivity index (χ3v) is 4.31. The largest absolute Gasteiger partial charge is 0.368 e. The second-order valence-corrected chi connectivity index (χ2v) is 6.04. The molecular weight excluding hydrogens is 321 g/mol. The third-order valence-electron chi connectivity index (χ3n) is 4.02. The lowest BCUT2D eigenvalue weighted by Crippen LogP contribution is -2.47. The van der Waals surface area contributed by atoms with E-state index in [9.17, 15) is 9.18 Å². The van der Waals surface area contributed by atoms with Crippen molar-refractivity contribution in [1.29, 1.82) is 0 Å². The Morgan fingerprint density at radius 2 is 2.26 bits per heavy atom. The number of piperidine rings is 1. The summed E-state index contributed by atoms with van der Waals surface area (Å²) in [6.45, 7) is 1.31. The zero-order valence-corrected chi connectivity index (χ0v) is 13.2. The summed E-state index contributed by atoms with van der Waals surface area (Å²) in [6.07, 6.45) is 4.56. The number of nitrogens with two attached hydrogens (primary N) is 1. The predicted octanol–water partition coefficient (Wildman–Crippen LogP) is 1.90. The van der Waals surface area contributed by atoms with Crippen LogP contribution in [0.1, 0.15) is 25.0 Å². The molecule has 2 N–H and O–H groups in total. The second-order valence-electron chi connectivity index (χ2n) is 5.64. The Kier molecular flexibility index (Phi) is 4.58. The van der Waals surface area contributed by atoms with Crippen LogP contribution in [0.25, 0.3) is 5.69 Å². The van der Waals surface area contributed by atoms with Crippen LogP contribution in [0.15, 0.2) is 24.4 Å². The molecule has 2 aromatic rings. The van der Waals surface area contributed by atoms with Gasteiger partial charge in [0.25, 0.3) is 0 Å². The van der Waals surface area contributed by atoms with Gasteiger partial charge < -0.3 is 5.73 Å². The van der Waals surface area contributed by atoms with E-state index in [-0.39, 0.29) is 17.0 Å². The Morgan fingerprint density at radius 1 is 1.43 bits per heavy atom. The number of carbonyl (C=O) groups is 1. The average Bonchev–Trinajstić information content (AvgIpc) is 2.99. The Balaban J connectivity index is 1.76. The molecule has 0 unspecified atom stereocenters. The molecule has 1 aromatic heterocycles. The lowest BCUT2D eigenvalue weighted by atomic mass is 10.0. The average molecular weight is 338 g/mol. The fourth-order valence-corrected chi connectivity index (χ4v) is 3.01. The van der Waals surface area contributed by atoms with Gasteiger partial charge in [-0.15, -0.1) is 5.10 Å². The van der Waals surface area contributed by atoms with E-state index in [1.54, 1.807) is 12.3 Å². The first-order valence-electron chi connectivity index (χ1n) is 7.44. The molecule has 23 heavy (non-hydrogen) atoms. The summed E-state index contributed by atoms with van der Waals surface area (Å²) in [5.41, 5.74) is 6.81. The maximum Gasteiger partial charge on any atom is 0.234 e. The number of hydrogen-bond acceptors (Lipinski definition) is 4. The van der Waals surface area contributed by atoms with E-state index in [2.05, 4.69) is 10.3 Å². The van der Waals surface area contributed by atoms with Gasteiger partial charge in [-0.2, -0.15) is 0 Å². The quantitative estimate of drug-likeness (QED) is 0.924. The van der Waals surface area contributed by atoms with E-state index in [0.29, 0.717) is 12.2 Å². The zero-order chi connectivity index (χ0) is 16.4. The van der Waals surface area contributed by atoms with Crippen LogP contribution in [0.3, 0.4) is 0 Å². The summed E-state index contributed by atoms with van der Waals surface area (Å²) in [6, 6.07) is 4.09. The topological polar surface area (TPSA) is 77.0 Å². The fourth-order valence-electron chi connectivity index (χ4n) is 2.84. The lowest BCUT2D eigenvalue weighted by Gasteiger charge is -2.32. The summed E-state index contributed by atoms with van der Waals surface area (Å²) in [4.78, 5) is 13.6. The molecule has 6 nitrogen and oxygen atoms in total. The summed E-state index contributed by atoms with van der Waals surface area (Å²) in [5.74, 6) is -0.782. The van der Waals surface area contributed by atoms with Gasteiger partial charge in [0.2, 0.25) is 5.91 Å². The molecule has 122 valence electrons. The van der Waals surface area contributed by atoms with Crippen molar-refractivity contribution in [3.05, 3.63) is 40.9 Å². The van der Waals surface area contributed by atoms with E-state index in [4.69, 9.17) is 17.3 Å². The summed E-state index contributed by atoms with van der Waals surface area (Å²) < 4.78 is 14.8. The first kappa shape index (κ1) is 15.9. The number of carbonyl (C=O) groups excluding carboxylic acids is 1. The van der Waals surface area contributed by atoms with E-state index in [0.717, 1.165) is 31.5 Å². The minimum Gasteiger partial charge on any atom is -0.368 e. The van der Waals surface area contributed by atoms with Crippen LogP contribution < -0.4 is 5.73 Å². The monoisotopic (exact) mass is 337 g/mol. The van der Waals surface area contributed by atoms with Crippen molar-refractivity contribution >= 4 is 17.5 Å². The molecule has 3 rings (SSSR count). The van der Waals surface area contributed by atoms with Gasteiger partial charge in [0, 0.05) is 6.54 Å². The SMILES string of the molecule is NC(=O)[C@H]1CCCCN1Cc1cn(-c2ccc(F)c(Cl)c2)nn1. The van der Waals surface area contributed by atoms with Crippen LogP contribution in [-0.4, -0.2) is 38.4 Å². The molecular formula is C15H17ClFN5O. The molecule has 1 saturated heterocycles. The van der Waals surface area contributed by atoms with Crippen molar-refractivity contribution in [2.24, 2.45) is 5.73 Å². The van der Waals surface area contributed by atoms with Crippen LogP contribution in [0.4, 0.5) is 4.39 Å². The first-order valence-corrected chi connectivity index (χ1v) is 7.82. The summed E-state index contributed by atoms with van der Waals surface area (Å²) in [7, 11) is 0. The van der Waals surface area contributed by atoms with Crippen LogP contribution in [-0.2, 0) is 11.3 Å². The smallest absolute Gasteiger partial charge is 0.234 e. The number of likely N-dealkylation sites (tertiary alicyclic amines) is 1. The highest BCUT2D eigenvalue weighted by Crippen LogP contribution is 2.20. The van der Waals surface area contributed by atoms with Gasteiger partial charge in [0.05, 0.1) is 28.6 Å². The van der Waals surface area contributed by atoms with Crippen molar-refractivity contribution in [2.45, 2.75) is 31.8 Å². The molecule has 1 aromatic carbocycles.